The number of likely N-dealkylation sites (N-methyl/N-ethyl adjacent to an activating group) is 1. The highest BCUT2D eigenvalue weighted by Crippen LogP contribution is 2.37. The zero-order chi connectivity index (χ0) is 15.5. The lowest BCUT2D eigenvalue weighted by Crippen LogP contribution is -2.30. The van der Waals surface area contributed by atoms with E-state index < -0.39 is 0 Å². The standard InChI is InChI=1S/C16H22N4OS/c1-19-11-12(10-17-7-8-21-3)20(2)16(19)15-9-13-14(22-15)5-4-6-18-13/h4-6,9,11,16-17H,7-8,10H2,1-3H3. The van der Waals surface area contributed by atoms with Crippen molar-refractivity contribution in [1.29, 1.82) is 0 Å². The van der Waals surface area contributed by atoms with Gasteiger partial charge in [-0.3, -0.25) is 4.98 Å². The van der Waals surface area contributed by atoms with E-state index in [0.717, 1.165) is 25.2 Å². The van der Waals surface area contributed by atoms with E-state index in [1.807, 2.05) is 23.6 Å². The highest BCUT2D eigenvalue weighted by Gasteiger charge is 2.29. The lowest BCUT2D eigenvalue weighted by Gasteiger charge is -2.28. The van der Waals surface area contributed by atoms with E-state index in [0.29, 0.717) is 0 Å². The van der Waals surface area contributed by atoms with Gasteiger partial charge in [-0.2, -0.15) is 0 Å². The predicted molar refractivity (Wildman–Crippen MR) is 90.7 cm³/mol. The summed E-state index contributed by atoms with van der Waals surface area (Å²) in [6, 6.07) is 6.33. The molecule has 0 fully saturated rings. The summed E-state index contributed by atoms with van der Waals surface area (Å²) in [5.74, 6) is 0. The molecule has 22 heavy (non-hydrogen) atoms. The second-order valence-corrected chi connectivity index (χ2v) is 6.59. The van der Waals surface area contributed by atoms with Gasteiger partial charge < -0.3 is 19.9 Å². The SMILES string of the molecule is COCCNCC1=CN(C)C(c2cc3ncccc3s2)N1C. The molecule has 0 radical (unpaired) electrons. The summed E-state index contributed by atoms with van der Waals surface area (Å²) in [6.45, 7) is 2.45. The predicted octanol–water partition coefficient (Wildman–Crippen LogP) is 2.25. The molecular formula is C16H22N4OS. The van der Waals surface area contributed by atoms with Crippen LogP contribution in [-0.2, 0) is 4.74 Å². The second-order valence-electron chi connectivity index (χ2n) is 5.48. The average molecular weight is 318 g/mol. The molecule has 1 atom stereocenters. The smallest absolute Gasteiger partial charge is 0.136 e. The topological polar surface area (TPSA) is 40.6 Å². The Hall–Kier alpha value is -1.63. The fourth-order valence-electron chi connectivity index (χ4n) is 2.80. The highest BCUT2D eigenvalue weighted by atomic mass is 32.1. The van der Waals surface area contributed by atoms with Crippen LogP contribution in [0.5, 0.6) is 0 Å². The van der Waals surface area contributed by atoms with Crippen molar-refractivity contribution in [3.05, 3.63) is 41.2 Å². The summed E-state index contributed by atoms with van der Waals surface area (Å²) in [7, 11) is 6.00. The minimum atomic E-state index is 0.249. The van der Waals surface area contributed by atoms with Crippen LogP contribution in [0.15, 0.2) is 36.3 Å². The number of hydrogen-bond donors (Lipinski definition) is 1. The number of rotatable bonds is 6. The molecule has 2 aromatic heterocycles. The van der Waals surface area contributed by atoms with E-state index in [1.165, 1.54) is 15.3 Å². The van der Waals surface area contributed by atoms with Gasteiger partial charge in [0, 0.05) is 52.4 Å². The summed E-state index contributed by atoms with van der Waals surface area (Å²) in [5, 5.41) is 3.41. The second kappa shape index (κ2) is 6.64. The maximum absolute atomic E-state index is 5.07. The number of fused-ring (bicyclic) bond motifs is 1. The number of aromatic nitrogens is 1. The van der Waals surface area contributed by atoms with Crippen molar-refractivity contribution in [3.63, 3.8) is 0 Å². The third kappa shape index (κ3) is 2.95. The molecule has 5 nitrogen and oxygen atoms in total. The van der Waals surface area contributed by atoms with E-state index in [1.54, 1.807) is 7.11 Å². The summed E-state index contributed by atoms with van der Waals surface area (Å²) < 4.78 is 6.31. The minimum absolute atomic E-state index is 0.249. The van der Waals surface area contributed by atoms with Crippen LogP contribution < -0.4 is 5.32 Å². The molecule has 0 spiro atoms. The van der Waals surface area contributed by atoms with Crippen LogP contribution in [0.25, 0.3) is 10.2 Å². The van der Waals surface area contributed by atoms with Crippen molar-refractivity contribution < 1.29 is 4.74 Å². The van der Waals surface area contributed by atoms with Gasteiger partial charge in [-0.1, -0.05) is 0 Å². The molecule has 0 saturated heterocycles. The van der Waals surface area contributed by atoms with Gasteiger partial charge in [0.05, 0.1) is 21.7 Å². The number of hydrogen-bond acceptors (Lipinski definition) is 6. The largest absolute Gasteiger partial charge is 0.383 e. The average Bonchev–Trinajstić information content (AvgIpc) is 3.04. The molecule has 0 aliphatic carbocycles. The lowest BCUT2D eigenvalue weighted by molar-refractivity contribution is 0.192. The third-order valence-electron chi connectivity index (χ3n) is 3.91. The lowest BCUT2D eigenvalue weighted by atomic mass is 10.3. The first-order valence-corrected chi connectivity index (χ1v) is 8.22. The van der Waals surface area contributed by atoms with E-state index in [-0.39, 0.29) is 6.17 Å². The summed E-state index contributed by atoms with van der Waals surface area (Å²) in [4.78, 5) is 10.3. The van der Waals surface area contributed by atoms with Gasteiger partial charge in [0.1, 0.15) is 6.17 Å². The summed E-state index contributed by atoms with van der Waals surface area (Å²) >= 11 is 1.82. The van der Waals surface area contributed by atoms with Crippen molar-refractivity contribution in [2.24, 2.45) is 0 Å². The van der Waals surface area contributed by atoms with E-state index >= 15 is 0 Å². The van der Waals surface area contributed by atoms with Crippen LogP contribution in [0, 0.1) is 0 Å². The van der Waals surface area contributed by atoms with Gasteiger partial charge in [0.25, 0.3) is 0 Å². The molecule has 1 aliphatic heterocycles. The first kappa shape index (κ1) is 15.3. The Morgan fingerprint density at radius 3 is 3.05 bits per heavy atom. The first-order chi connectivity index (χ1) is 10.7. The fraction of sp³-hybridized carbons (Fsp3) is 0.438. The van der Waals surface area contributed by atoms with E-state index in [4.69, 9.17) is 4.74 Å². The maximum atomic E-state index is 5.07. The Balaban J connectivity index is 1.72. The van der Waals surface area contributed by atoms with Crippen molar-refractivity contribution in [3.8, 4) is 0 Å². The highest BCUT2D eigenvalue weighted by molar-refractivity contribution is 7.19. The summed E-state index contributed by atoms with van der Waals surface area (Å²) in [5.41, 5.74) is 2.37. The monoisotopic (exact) mass is 318 g/mol. The Morgan fingerprint density at radius 2 is 2.27 bits per heavy atom. The molecular weight excluding hydrogens is 296 g/mol. The molecule has 1 aliphatic rings. The van der Waals surface area contributed by atoms with Gasteiger partial charge in [-0.05, 0) is 18.2 Å². The Labute approximate surface area is 135 Å². The minimum Gasteiger partial charge on any atom is -0.383 e. The normalized spacial score (nSPS) is 18.3. The Kier molecular flexibility index (Phi) is 4.61. The number of pyridine rings is 1. The Bertz CT molecular complexity index is 636. The molecule has 3 rings (SSSR count). The molecule has 0 amide bonds. The number of nitrogens with zero attached hydrogens (tertiary/aromatic N) is 3. The number of thiophene rings is 1. The van der Waals surface area contributed by atoms with Gasteiger partial charge in [-0.15, -0.1) is 11.3 Å². The molecule has 6 heteroatoms. The van der Waals surface area contributed by atoms with Crippen molar-refractivity contribution in [2.75, 3.05) is 40.9 Å². The molecule has 118 valence electrons. The molecule has 1 N–H and O–H groups in total. The van der Waals surface area contributed by atoms with Gasteiger partial charge in [0.2, 0.25) is 0 Å². The number of nitrogens with one attached hydrogen (secondary N) is 1. The molecule has 2 aromatic rings. The van der Waals surface area contributed by atoms with Crippen LogP contribution in [0.1, 0.15) is 11.0 Å². The molecule has 1 unspecified atom stereocenters. The van der Waals surface area contributed by atoms with Crippen molar-refractivity contribution in [1.82, 2.24) is 20.1 Å². The van der Waals surface area contributed by atoms with Crippen LogP contribution in [0.2, 0.25) is 0 Å². The maximum Gasteiger partial charge on any atom is 0.136 e. The van der Waals surface area contributed by atoms with E-state index in [9.17, 15) is 0 Å². The van der Waals surface area contributed by atoms with Crippen LogP contribution >= 0.6 is 11.3 Å². The van der Waals surface area contributed by atoms with Gasteiger partial charge >= 0.3 is 0 Å². The van der Waals surface area contributed by atoms with Gasteiger partial charge in [0.15, 0.2) is 0 Å². The van der Waals surface area contributed by atoms with Crippen LogP contribution in [0.3, 0.4) is 0 Å². The van der Waals surface area contributed by atoms with Crippen molar-refractivity contribution in [2.45, 2.75) is 6.17 Å². The number of methoxy groups -OCH3 is 1. The molecule has 3 heterocycles. The summed E-state index contributed by atoms with van der Waals surface area (Å²) in [6.07, 6.45) is 4.31. The fourth-order valence-corrected chi connectivity index (χ4v) is 4.01. The molecule has 0 bridgehead atoms. The van der Waals surface area contributed by atoms with Crippen LogP contribution in [-0.4, -0.2) is 55.7 Å². The van der Waals surface area contributed by atoms with Gasteiger partial charge in [-0.25, -0.2) is 0 Å². The van der Waals surface area contributed by atoms with Crippen molar-refractivity contribution >= 4 is 21.6 Å². The molecule has 0 saturated carbocycles. The quantitative estimate of drug-likeness (QED) is 0.827. The Morgan fingerprint density at radius 1 is 1.41 bits per heavy atom. The third-order valence-corrected chi connectivity index (χ3v) is 5.04. The molecule has 0 aromatic carbocycles. The number of ether oxygens (including phenoxy) is 1. The zero-order valence-corrected chi connectivity index (χ0v) is 14.1. The van der Waals surface area contributed by atoms with Crippen LogP contribution in [0.4, 0.5) is 0 Å². The first-order valence-electron chi connectivity index (χ1n) is 7.40. The zero-order valence-electron chi connectivity index (χ0n) is 13.2. The van der Waals surface area contributed by atoms with E-state index in [2.05, 4.69) is 52.5 Å².